The highest BCUT2D eigenvalue weighted by Crippen LogP contribution is 1.98. The van der Waals surface area contributed by atoms with Gasteiger partial charge in [-0.1, -0.05) is 19.9 Å². The van der Waals surface area contributed by atoms with Crippen LogP contribution in [0.2, 0.25) is 0 Å². The monoisotopic (exact) mass is 142 g/mol. The number of hydrogen-bond donors (Lipinski definition) is 2. The largest absolute Gasteiger partial charge is 0.291 e. The summed E-state index contributed by atoms with van der Waals surface area (Å²) in [7, 11) is 0. The van der Waals surface area contributed by atoms with Crippen molar-refractivity contribution < 1.29 is 4.79 Å². The van der Waals surface area contributed by atoms with Gasteiger partial charge in [-0.15, -0.1) is 0 Å². The normalized spacial score (nSPS) is 10.8. The molecule has 0 aliphatic carbocycles. The Morgan fingerprint density at radius 1 is 1.70 bits per heavy atom. The summed E-state index contributed by atoms with van der Waals surface area (Å²) in [5.41, 5.74) is 2.01. The molecule has 0 aromatic carbocycles. The first-order chi connectivity index (χ1) is 4.66. The van der Waals surface area contributed by atoms with Crippen molar-refractivity contribution in [3.63, 3.8) is 0 Å². The molecule has 0 aliphatic heterocycles. The van der Waals surface area contributed by atoms with E-state index in [1.807, 2.05) is 11.5 Å². The summed E-state index contributed by atoms with van der Waals surface area (Å²) in [6, 6.07) is 0. The molecule has 10 heavy (non-hydrogen) atoms. The fraction of sp³-hybridized carbons (Fsp3) is 0.571. The molecule has 0 aromatic rings. The predicted octanol–water partition coefficient (Wildman–Crippen LogP) is 0.579. The molecule has 58 valence electrons. The molecule has 3 nitrogen and oxygen atoms in total. The van der Waals surface area contributed by atoms with Crippen LogP contribution in [0, 0.1) is 5.92 Å². The van der Waals surface area contributed by atoms with E-state index in [9.17, 15) is 4.79 Å². The van der Waals surface area contributed by atoms with E-state index in [-0.39, 0.29) is 5.91 Å². The highest BCUT2D eigenvalue weighted by Gasteiger charge is 1.90. The number of hydrazine groups is 1. The third kappa shape index (κ3) is 5.31. The van der Waals surface area contributed by atoms with Crippen LogP contribution in [0.4, 0.5) is 0 Å². The van der Waals surface area contributed by atoms with E-state index < -0.39 is 0 Å². The number of nitrogens with one attached hydrogen (secondary N) is 1. The molecule has 0 fully saturated rings. The first kappa shape index (κ1) is 9.17. The maximum absolute atomic E-state index is 10.5. The second-order valence-electron chi connectivity index (χ2n) is 2.54. The Morgan fingerprint density at radius 2 is 2.30 bits per heavy atom. The SMILES string of the molecule is CC(C)C/C=C\C(=O)NN. The van der Waals surface area contributed by atoms with Gasteiger partial charge in [0.15, 0.2) is 0 Å². The summed E-state index contributed by atoms with van der Waals surface area (Å²) in [5.74, 6) is 5.17. The number of amides is 1. The number of hydrogen-bond acceptors (Lipinski definition) is 2. The first-order valence-electron chi connectivity index (χ1n) is 3.34. The minimum Gasteiger partial charge on any atom is -0.291 e. The summed E-state index contributed by atoms with van der Waals surface area (Å²) in [6.45, 7) is 4.18. The van der Waals surface area contributed by atoms with Crippen molar-refractivity contribution in [2.45, 2.75) is 20.3 Å². The van der Waals surface area contributed by atoms with E-state index in [0.717, 1.165) is 6.42 Å². The molecule has 0 saturated carbocycles. The summed E-state index contributed by atoms with van der Waals surface area (Å²) in [5, 5.41) is 0. The zero-order valence-electron chi connectivity index (χ0n) is 6.42. The molecular weight excluding hydrogens is 128 g/mol. The van der Waals surface area contributed by atoms with Gasteiger partial charge >= 0.3 is 0 Å². The number of rotatable bonds is 3. The zero-order valence-corrected chi connectivity index (χ0v) is 6.42. The minimum absolute atomic E-state index is 0.249. The van der Waals surface area contributed by atoms with E-state index in [4.69, 9.17) is 5.84 Å². The lowest BCUT2D eigenvalue weighted by molar-refractivity contribution is -0.116. The van der Waals surface area contributed by atoms with Crippen molar-refractivity contribution in [2.75, 3.05) is 0 Å². The molecule has 3 N–H and O–H groups in total. The topological polar surface area (TPSA) is 55.1 Å². The van der Waals surface area contributed by atoms with Crippen LogP contribution >= 0.6 is 0 Å². The molecule has 0 rings (SSSR count). The van der Waals surface area contributed by atoms with Crippen LogP contribution in [0.1, 0.15) is 20.3 Å². The van der Waals surface area contributed by atoms with Crippen molar-refractivity contribution >= 4 is 5.91 Å². The quantitative estimate of drug-likeness (QED) is 0.262. The Labute approximate surface area is 61.3 Å². The van der Waals surface area contributed by atoms with E-state index in [1.165, 1.54) is 6.08 Å². The molecule has 3 heteroatoms. The van der Waals surface area contributed by atoms with Crippen molar-refractivity contribution in [1.82, 2.24) is 5.43 Å². The summed E-state index contributed by atoms with van der Waals surface area (Å²) in [4.78, 5) is 10.5. The van der Waals surface area contributed by atoms with Crippen molar-refractivity contribution in [2.24, 2.45) is 11.8 Å². The Kier molecular flexibility index (Phi) is 4.58. The first-order valence-corrected chi connectivity index (χ1v) is 3.34. The fourth-order valence-electron chi connectivity index (χ4n) is 0.495. The maximum Gasteiger partial charge on any atom is 0.257 e. The van der Waals surface area contributed by atoms with Gasteiger partial charge in [0.25, 0.3) is 5.91 Å². The van der Waals surface area contributed by atoms with Gasteiger partial charge < -0.3 is 0 Å². The zero-order chi connectivity index (χ0) is 7.98. The van der Waals surface area contributed by atoms with E-state index in [2.05, 4.69) is 13.8 Å². The summed E-state index contributed by atoms with van der Waals surface area (Å²) >= 11 is 0. The second kappa shape index (κ2) is 4.99. The standard InChI is InChI=1S/C7H14N2O/c1-6(2)4-3-5-7(10)9-8/h3,5-6H,4,8H2,1-2H3,(H,9,10)/b5-3-. The molecule has 0 unspecified atom stereocenters. The molecule has 0 saturated heterocycles. The van der Waals surface area contributed by atoms with Gasteiger partial charge in [-0.25, -0.2) is 5.84 Å². The van der Waals surface area contributed by atoms with Gasteiger partial charge in [0.1, 0.15) is 0 Å². The van der Waals surface area contributed by atoms with E-state index in [0.29, 0.717) is 5.92 Å². The van der Waals surface area contributed by atoms with Crippen molar-refractivity contribution in [3.05, 3.63) is 12.2 Å². The van der Waals surface area contributed by atoms with Gasteiger partial charge in [0.05, 0.1) is 0 Å². The summed E-state index contributed by atoms with van der Waals surface area (Å²) in [6.07, 6.45) is 4.17. The summed E-state index contributed by atoms with van der Waals surface area (Å²) < 4.78 is 0. The van der Waals surface area contributed by atoms with Crippen LogP contribution in [0.5, 0.6) is 0 Å². The second-order valence-corrected chi connectivity index (χ2v) is 2.54. The smallest absolute Gasteiger partial charge is 0.257 e. The van der Waals surface area contributed by atoms with Gasteiger partial charge in [0, 0.05) is 6.08 Å². The average Bonchev–Trinajstić information content (AvgIpc) is 1.87. The molecule has 0 bridgehead atoms. The van der Waals surface area contributed by atoms with Crippen LogP contribution in [-0.2, 0) is 4.79 Å². The highest BCUT2D eigenvalue weighted by atomic mass is 16.2. The van der Waals surface area contributed by atoms with Crippen LogP contribution < -0.4 is 11.3 Å². The lowest BCUT2D eigenvalue weighted by atomic mass is 10.1. The van der Waals surface area contributed by atoms with E-state index in [1.54, 1.807) is 0 Å². The van der Waals surface area contributed by atoms with Crippen LogP contribution in [0.15, 0.2) is 12.2 Å². The average molecular weight is 142 g/mol. The van der Waals surface area contributed by atoms with Crippen LogP contribution in [0.25, 0.3) is 0 Å². The Bertz CT molecular complexity index is 130. The minimum atomic E-state index is -0.249. The third-order valence-corrected chi connectivity index (χ3v) is 1.02. The van der Waals surface area contributed by atoms with E-state index >= 15 is 0 Å². The van der Waals surface area contributed by atoms with Gasteiger partial charge in [-0.3, -0.25) is 10.2 Å². The van der Waals surface area contributed by atoms with Gasteiger partial charge in [-0.2, -0.15) is 0 Å². The Balaban J connectivity index is 3.46. The third-order valence-electron chi connectivity index (χ3n) is 1.02. The molecule has 0 aliphatic rings. The van der Waals surface area contributed by atoms with Crippen LogP contribution in [-0.4, -0.2) is 5.91 Å². The van der Waals surface area contributed by atoms with Gasteiger partial charge in [-0.05, 0) is 12.3 Å². The molecule has 0 radical (unpaired) electrons. The lowest BCUT2D eigenvalue weighted by Crippen LogP contribution is -2.27. The van der Waals surface area contributed by atoms with Crippen molar-refractivity contribution in [3.8, 4) is 0 Å². The van der Waals surface area contributed by atoms with Crippen molar-refractivity contribution in [1.29, 1.82) is 0 Å². The Morgan fingerprint density at radius 3 is 2.70 bits per heavy atom. The Hall–Kier alpha value is -0.830. The fourth-order valence-corrected chi connectivity index (χ4v) is 0.495. The molecular formula is C7H14N2O. The number of carbonyl (C=O) groups is 1. The lowest BCUT2D eigenvalue weighted by Gasteiger charge is -1.95. The van der Waals surface area contributed by atoms with Crippen LogP contribution in [0.3, 0.4) is 0 Å². The number of carbonyl (C=O) groups excluding carboxylic acids is 1. The predicted molar refractivity (Wildman–Crippen MR) is 40.9 cm³/mol. The number of nitrogens with two attached hydrogens (primary N) is 1. The molecule has 0 atom stereocenters. The molecule has 0 aromatic heterocycles. The number of allylic oxidation sites excluding steroid dienone is 1. The highest BCUT2D eigenvalue weighted by molar-refractivity contribution is 5.86. The molecule has 1 amide bonds. The van der Waals surface area contributed by atoms with Gasteiger partial charge in [0.2, 0.25) is 0 Å². The molecule has 0 heterocycles. The maximum atomic E-state index is 10.5. The molecule has 0 spiro atoms.